The molecule has 2 amide bonds. The first-order valence-electron chi connectivity index (χ1n) is 6.44. The van der Waals surface area contributed by atoms with Crippen LogP contribution in [0, 0.1) is 0 Å². The van der Waals surface area contributed by atoms with Gasteiger partial charge in [-0.2, -0.15) is 0 Å². The molecule has 0 spiro atoms. The van der Waals surface area contributed by atoms with Crippen molar-refractivity contribution < 1.29 is 14.3 Å². The van der Waals surface area contributed by atoms with Gasteiger partial charge in [0, 0.05) is 23.4 Å². The van der Waals surface area contributed by atoms with Gasteiger partial charge in [-0.15, -0.1) is 0 Å². The number of amides is 2. The maximum absolute atomic E-state index is 11.9. The van der Waals surface area contributed by atoms with Gasteiger partial charge >= 0.3 is 6.09 Å². The Morgan fingerprint density at radius 2 is 2.15 bits per heavy atom. The summed E-state index contributed by atoms with van der Waals surface area (Å²) in [6.07, 6.45) is -0.261. The number of alkyl carbamates (subject to hydrolysis) is 1. The van der Waals surface area contributed by atoms with Gasteiger partial charge in [-0.1, -0.05) is 6.07 Å². The van der Waals surface area contributed by atoms with E-state index in [1.165, 1.54) is 0 Å². The van der Waals surface area contributed by atoms with E-state index < -0.39 is 17.7 Å². The summed E-state index contributed by atoms with van der Waals surface area (Å²) in [5, 5.41) is 5.29. The number of hydrogen-bond acceptors (Lipinski definition) is 4. The first-order chi connectivity index (χ1) is 9.26. The predicted molar refractivity (Wildman–Crippen MR) is 76.3 cm³/mol. The number of nitrogens with two attached hydrogens (primary N) is 1. The number of nitrogen functional groups attached to an aromatic ring is 1. The van der Waals surface area contributed by atoms with Crippen LogP contribution in [0.3, 0.4) is 0 Å². The van der Waals surface area contributed by atoms with Gasteiger partial charge in [0.2, 0.25) is 5.91 Å². The summed E-state index contributed by atoms with van der Waals surface area (Å²) in [5.74, 6) is -0.269. The van der Waals surface area contributed by atoms with Crippen molar-refractivity contribution in [2.75, 3.05) is 11.1 Å². The van der Waals surface area contributed by atoms with E-state index in [1.54, 1.807) is 39.0 Å². The van der Waals surface area contributed by atoms with Crippen LogP contribution >= 0.6 is 0 Å². The van der Waals surface area contributed by atoms with Gasteiger partial charge in [0.25, 0.3) is 0 Å². The highest BCUT2D eigenvalue weighted by Gasteiger charge is 2.30. The number of carbonyl (C=O) groups excluding carboxylic acids is 2. The molecule has 0 aromatic heterocycles. The minimum atomic E-state index is -0.679. The molecule has 0 aliphatic carbocycles. The van der Waals surface area contributed by atoms with E-state index in [-0.39, 0.29) is 5.91 Å². The lowest BCUT2D eigenvalue weighted by Crippen LogP contribution is -2.49. The highest BCUT2D eigenvalue weighted by Crippen LogP contribution is 2.27. The number of ether oxygens (including phenoxy) is 1. The van der Waals surface area contributed by atoms with Crippen molar-refractivity contribution in [2.45, 2.75) is 38.8 Å². The largest absolute Gasteiger partial charge is 0.444 e. The van der Waals surface area contributed by atoms with E-state index in [0.29, 0.717) is 17.8 Å². The van der Waals surface area contributed by atoms with Crippen LogP contribution < -0.4 is 16.4 Å². The third-order valence-electron chi connectivity index (χ3n) is 2.89. The summed E-state index contributed by atoms with van der Waals surface area (Å²) < 4.78 is 5.15. The first kappa shape index (κ1) is 14.2. The third-order valence-corrected chi connectivity index (χ3v) is 2.89. The maximum atomic E-state index is 11.9. The number of anilines is 2. The lowest BCUT2D eigenvalue weighted by atomic mass is 9.97. The van der Waals surface area contributed by atoms with Crippen LogP contribution in [0.5, 0.6) is 0 Å². The zero-order chi connectivity index (χ0) is 14.9. The van der Waals surface area contributed by atoms with Crippen molar-refractivity contribution in [3.8, 4) is 0 Å². The van der Waals surface area contributed by atoms with Crippen LogP contribution in [-0.2, 0) is 16.0 Å². The maximum Gasteiger partial charge on any atom is 0.408 e. The van der Waals surface area contributed by atoms with Crippen molar-refractivity contribution in [3.63, 3.8) is 0 Å². The number of carbonyl (C=O) groups is 2. The lowest BCUT2D eigenvalue weighted by molar-refractivity contribution is -0.118. The van der Waals surface area contributed by atoms with Crippen LogP contribution in [0.15, 0.2) is 18.2 Å². The number of benzene rings is 1. The molecule has 0 fully saturated rings. The van der Waals surface area contributed by atoms with E-state index >= 15 is 0 Å². The average Bonchev–Trinajstić information content (AvgIpc) is 2.29. The van der Waals surface area contributed by atoms with E-state index in [0.717, 1.165) is 5.56 Å². The Morgan fingerprint density at radius 3 is 2.80 bits per heavy atom. The summed E-state index contributed by atoms with van der Waals surface area (Å²) in [4.78, 5) is 23.7. The van der Waals surface area contributed by atoms with Gasteiger partial charge in [0.15, 0.2) is 0 Å². The molecule has 1 aromatic rings. The normalized spacial score (nSPS) is 17.9. The van der Waals surface area contributed by atoms with Gasteiger partial charge in [0.05, 0.1) is 0 Å². The van der Waals surface area contributed by atoms with E-state index in [9.17, 15) is 9.59 Å². The molecule has 1 aliphatic rings. The number of hydrogen-bond donors (Lipinski definition) is 3. The van der Waals surface area contributed by atoms with E-state index in [4.69, 9.17) is 10.5 Å². The lowest BCUT2D eigenvalue weighted by Gasteiger charge is -2.27. The Labute approximate surface area is 117 Å². The topological polar surface area (TPSA) is 93.4 Å². The molecular weight excluding hydrogens is 258 g/mol. The predicted octanol–water partition coefficient (Wildman–Crippen LogP) is 1.66. The average molecular weight is 277 g/mol. The summed E-state index contributed by atoms with van der Waals surface area (Å²) in [7, 11) is 0. The second-order valence-corrected chi connectivity index (χ2v) is 5.77. The quantitative estimate of drug-likeness (QED) is 0.680. The Balaban J connectivity index is 2.10. The molecular formula is C14H19N3O3. The monoisotopic (exact) mass is 277 g/mol. The smallest absolute Gasteiger partial charge is 0.408 e. The van der Waals surface area contributed by atoms with Crippen LogP contribution in [0.4, 0.5) is 16.2 Å². The highest BCUT2D eigenvalue weighted by molar-refractivity contribution is 6.00. The summed E-state index contributed by atoms with van der Waals surface area (Å²) >= 11 is 0. The molecule has 0 saturated heterocycles. The molecule has 1 aromatic carbocycles. The van der Waals surface area contributed by atoms with Crippen molar-refractivity contribution in [1.82, 2.24) is 5.32 Å². The highest BCUT2D eigenvalue weighted by atomic mass is 16.6. The molecule has 0 radical (unpaired) electrons. The standard InChI is InChI=1S/C14H19N3O3/c1-14(2,3)20-13(19)17-11-7-8-9(15)5-4-6-10(8)16-12(11)18/h4-6,11H,7,15H2,1-3H3,(H,16,18)(H,17,19). The molecule has 6 nitrogen and oxygen atoms in total. The third kappa shape index (κ3) is 3.20. The minimum absolute atomic E-state index is 0.269. The number of nitrogens with one attached hydrogen (secondary N) is 2. The Hall–Kier alpha value is -2.24. The molecule has 2 rings (SSSR count). The SMILES string of the molecule is CC(C)(C)OC(=O)NC1Cc2c(N)cccc2NC1=O. The molecule has 1 heterocycles. The molecule has 108 valence electrons. The second kappa shape index (κ2) is 5.03. The van der Waals surface area contributed by atoms with Crippen LogP contribution in [0.25, 0.3) is 0 Å². The van der Waals surface area contributed by atoms with Crippen molar-refractivity contribution in [1.29, 1.82) is 0 Å². The molecule has 6 heteroatoms. The van der Waals surface area contributed by atoms with Crippen LogP contribution in [0.1, 0.15) is 26.3 Å². The molecule has 4 N–H and O–H groups in total. The number of rotatable bonds is 1. The summed E-state index contributed by atoms with van der Waals surface area (Å²) in [5.41, 5.74) is 7.40. The molecule has 1 unspecified atom stereocenters. The fourth-order valence-corrected chi connectivity index (χ4v) is 2.03. The van der Waals surface area contributed by atoms with Gasteiger partial charge < -0.3 is 21.1 Å². The van der Waals surface area contributed by atoms with Crippen molar-refractivity contribution >= 4 is 23.4 Å². The molecule has 20 heavy (non-hydrogen) atoms. The zero-order valence-electron chi connectivity index (χ0n) is 11.8. The van der Waals surface area contributed by atoms with Gasteiger partial charge in [-0.05, 0) is 32.9 Å². The fraction of sp³-hybridized carbons (Fsp3) is 0.429. The molecule has 1 atom stereocenters. The molecule has 1 aliphatic heterocycles. The van der Waals surface area contributed by atoms with E-state index in [1.807, 2.05) is 0 Å². The Bertz CT molecular complexity index is 549. The van der Waals surface area contributed by atoms with Gasteiger partial charge in [0.1, 0.15) is 11.6 Å². The van der Waals surface area contributed by atoms with Gasteiger partial charge in [-0.25, -0.2) is 4.79 Å². The molecule has 0 saturated carbocycles. The summed E-state index contributed by atoms with van der Waals surface area (Å²) in [6.45, 7) is 5.29. The first-order valence-corrected chi connectivity index (χ1v) is 6.44. The second-order valence-electron chi connectivity index (χ2n) is 5.77. The Kier molecular flexibility index (Phi) is 3.57. The van der Waals surface area contributed by atoms with Crippen LogP contribution in [0.2, 0.25) is 0 Å². The van der Waals surface area contributed by atoms with Gasteiger partial charge in [-0.3, -0.25) is 4.79 Å². The van der Waals surface area contributed by atoms with Crippen LogP contribution in [-0.4, -0.2) is 23.6 Å². The zero-order valence-corrected chi connectivity index (χ0v) is 11.8. The minimum Gasteiger partial charge on any atom is -0.444 e. The Morgan fingerprint density at radius 1 is 1.45 bits per heavy atom. The molecule has 0 bridgehead atoms. The fourth-order valence-electron chi connectivity index (χ4n) is 2.03. The van der Waals surface area contributed by atoms with E-state index in [2.05, 4.69) is 10.6 Å². The van der Waals surface area contributed by atoms with Crippen molar-refractivity contribution in [3.05, 3.63) is 23.8 Å². The number of fused-ring (bicyclic) bond motifs is 1. The summed E-state index contributed by atoms with van der Waals surface area (Å²) in [6, 6.07) is 4.64. The van der Waals surface area contributed by atoms with Crippen molar-refractivity contribution in [2.24, 2.45) is 0 Å².